The Morgan fingerprint density at radius 1 is 0.981 bits per heavy atom. The molecule has 52 heavy (non-hydrogen) atoms. The average Bonchev–Trinajstić information content (AvgIpc) is 3.78. The van der Waals surface area contributed by atoms with Crippen molar-refractivity contribution in [3.63, 3.8) is 0 Å². The van der Waals surface area contributed by atoms with Crippen molar-refractivity contribution in [2.75, 3.05) is 35.7 Å². The van der Waals surface area contributed by atoms with Gasteiger partial charge in [0, 0.05) is 38.3 Å². The summed E-state index contributed by atoms with van der Waals surface area (Å²) in [6, 6.07) is 6.65. The van der Waals surface area contributed by atoms with Crippen LogP contribution in [0.5, 0.6) is 0 Å². The Hall–Kier alpha value is -4.84. The van der Waals surface area contributed by atoms with Crippen molar-refractivity contribution in [1.82, 2.24) is 29.8 Å². The highest BCUT2D eigenvalue weighted by molar-refractivity contribution is 7.89. The number of benzene rings is 1. The van der Waals surface area contributed by atoms with E-state index in [0.29, 0.717) is 29.4 Å². The van der Waals surface area contributed by atoms with Gasteiger partial charge in [0.05, 0.1) is 11.9 Å². The maximum Gasteiger partial charge on any atom is 0.425 e. The van der Waals surface area contributed by atoms with Gasteiger partial charge in [-0.3, -0.25) is 0 Å². The molecule has 0 radical (unpaired) electrons. The van der Waals surface area contributed by atoms with E-state index in [9.17, 15) is 27.9 Å². The first-order valence-corrected chi connectivity index (χ1v) is 18.6. The SMILES string of the molecule is CCS(=O)(=O)NC1CC[C@H]2CN(c3cnc(N(C(=O)OC(C)(C)C)C(=O)OC(C)(C)C)c(-c4nnc(-c5ccc(CN(C)C(=O)O)cc5)o4)n3)C[C@@H]12. The lowest BCUT2D eigenvalue weighted by Crippen LogP contribution is -2.44. The van der Waals surface area contributed by atoms with E-state index in [1.54, 1.807) is 72.7 Å². The van der Waals surface area contributed by atoms with Crippen LogP contribution in [0.1, 0.15) is 66.9 Å². The van der Waals surface area contributed by atoms with Crippen molar-refractivity contribution < 1.29 is 41.8 Å². The molecule has 0 bridgehead atoms. The first-order chi connectivity index (χ1) is 24.2. The molecule has 3 heterocycles. The predicted molar refractivity (Wildman–Crippen MR) is 190 cm³/mol. The number of fused-ring (bicyclic) bond motifs is 1. The van der Waals surface area contributed by atoms with Gasteiger partial charge < -0.3 is 28.8 Å². The quantitative estimate of drug-likeness (QED) is 0.291. The number of carbonyl (C=O) groups is 3. The van der Waals surface area contributed by atoms with E-state index in [1.165, 1.54) is 13.2 Å². The zero-order valence-electron chi connectivity index (χ0n) is 30.6. The highest BCUT2D eigenvalue weighted by atomic mass is 32.2. The molecule has 282 valence electrons. The van der Waals surface area contributed by atoms with Gasteiger partial charge in [-0.05, 0) is 90.8 Å². The number of imide groups is 1. The zero-order chi connectivity index (χ0) is 38.2. The van der Waals surface area contributed by atoms with Crippen LogP contribution in [0.3, 0.4) is 0 Å². The highest BCUT2D eigenvalue weighted by Gasteiger charge is 2.45. The van der Waals surface area contributed by atoms with E-state index < -0.39 is 39.5 Å². The van der Waals surface area contributed by atoms with Crippen molar-refractivity contribution in [1.29, 1.82) is 0 Å². The fraction of sp³-hybridized carbons (Fsp3) is 0.559. The number of anilines is 2. The molecular formula is C34H46N8O9S. The molecule has 0 spiro atoms. The summed E-state index contributed by atoms with van der Waals surface area (Å²) in [5, 5.41) is 17.6. The summed E-state index contributed by atoms with van der Waals surface area (Å²) in [5.41, 5.74) is -0.809. The second kappa shape index (κ2) is 14.7. The largest absolute Gasteiger partial charge is 0.465 e. The topological polar surface area (TPSA) is 210 Å². The summed E-state index contributed by atoms with van der Waals surface area (Å²) < 4.78 is 44.9. The lowest BCUT2D eigenvalue weighted by molar-refractivity contribution is 0.0428. The standard InChI is InChI=1S/C34H46N8O9S/c1-9-52(47,48)39-24-15-14-22-18-41(19-23(22)24)25-16-35-27(42(31(45)50-33(2,3)4)32(46)51-34(5,6)7)26(36-25)29-38-37-28(49-29)21-12-10-20(11-13-21)17-40(8)30(43)44/h10-13,16,22-24,39H,9,14-15,17-19H2,1-8H3,(H,43,44)/t22-,23+,24?/m0/s1. The van der Waals surface area contributed by atoms with E-state index in [4.69, 9.17) is 18.9 Å². The maximum atomic E-state index is 13.7. The highest BCUT2D eigenvalue weighted by Crippen LogP contribution is 2.41. The molecule has 3 aromatic rings. The lowest BCUT2D eigenvalue weighted by atomic mass is 9.98. The van der Waals surface area contributed by atoms with Crippen LogP contribution in [-0.4, -0.2) is 100 Å². The number of amides is 3. The van der Waals surface area contributed by atoms with Crippen molar-refractivity contribution in [3.05, 3.63) is 36.0 Å². The van der Waals surface area contributed by atoms with E-state index in [-0.39, 0.29) is 53.5 Å². The van der Waals surface area contributed by atoms with E-state index in [0.717, 1.165) is 23.3 Å². The summed E-state index contributed by atoms with van der Waals surface area (Å²) in [4.78, 5) is 51.7. The summed E-state index contributed by atoms with van der Waals surface area (Å²) in [6.07, 6.45) is -0.186. The molecule has 2 fully saturated rings. The molecular weight excluding hydrogens is 696 g/mol. The fourth-order valence-corrected chi connectivity index (χ4v) is 7.06. The zero-order valence-corrected chi connectivity index (χ0v) is 31.4. The number of nitrogens with one attached hydrogen (secondary N) is 1. The Balaban J connectivity index is 1.55. The third kappa shape index (κ3) is 9.14. The first-order valence-electron chi connectivity index (χ1n) is 17.0. The Bertz CT molecular complexity index is 1880. The minimum absolute atomic E-state index is 0.00885. The first kappa shape index (κ1) is 38.4. The van der Waals surface area contributed by atoms with Crippen molar-refractivity contribution in [2.45, 2.75) is 85.1 Å². The van der Waals surface area contributed by atoms with Gasteiger partial charge in [0.25, 0.3) is 5.89 Å². The smallest absolute Gasteiger partial charge is 0.425 e. The third-order valence-corrected chi connectivity index (χ3v) is 9.99. The number of hydrogen-bond acceptors (Lipinski definition) is 13. The van der Waals surface area contributed by atoms with Gasteiger partial charge in [0.2, 0.25) is 15.9 Å². The summed E-state index contributed by atoms with van der Waals surface area (Å²) >= 11 is 0. The van der Waals surface area contributed by atoms with Crippen LogP contribution in [0.2, 0.25) is 0 Å². The number of aromatic nitrogens is 4. The number of rotatable bonds is 9. The Kier molecular flexibility index (Phi) is 10.8. The number of ether oxygens (including phenoxy) is 2. The third-order valence-electron chi connectivity index (χ3n) is 8.57. The van der Waals surface area contributed by atoms with Gasteiger partial charge in [0.1, 0.15) is 17.0 Å². The van der Waals surface area contributed by atoms with Gasteiger partial charge >= 0.3 is 18.3 Å². The fourth-order valence-electron chi connectivity index (χ4n) is 6.14. The molecule has 2 N–H and O–H groups in total. The predicted octanol–water partition coefficient (Wildman–Crippen LogP) is 5.13. The number of nitrogens with zero attached hydrogens (tertiary/aromatic N) is 7. The molecule has 1 unspecified atom stereocenters. The van der Waals surface area contributed by atoms with E-state index >= 15 is 0 Å². The van der Waals surface area contributed by atoms with Crippen LogP contribution >= 0.6 is 0 Å². The number of sulfonamides is 1. The molecule has 3 atom stereocenters. The van der Waals surface area contributed by atoms with Crippen molar-refractivity contribution in [3.8, 4) is 23.0 Å². The molecule has 2 aliphatic rings. The van der Waals surface area contributed by atoms with Gasteiger partial charge in [-0.2, -0.15) is 4.90 Å². The summed E-state index contributed by atoms with van der Waals surface area (Å²) in [7, 11) is -1.94. The van der Waals surface area contributed by atoms with Gasteiger partial charge in [-0.15, -0.1) is 10.2 Å². The van der Waals surface area contributed by atoms with Gasteiger partial charge in [-0.25, -0.2) is 37.5 Å². The van der Waals surface area contributed by atoms with Crippen LogP contribution in [0, 0.1) is 11.8 Å². The van der Waals surface area contributed by atoms with E-state index in [2.05, 4.69) is 19.9 Å². The molecule has 3 amide bonds. The van der Waals surface area contributed by atoms with Crippen LogP contribution in [-0.2, 0) is 26.0 Å². The number of carbonyl (C=O) groups excluding carboxylic acids is 2. The minimum Gasteiger partial charge on any atom is -0.465 e. The average molecular weight is 743 g/mol. The molecule has 1 saturated carbocycles. The second-order valence-corrected chi connectivity index (χ2v) is 17.0. The van der Waals surface area contributed by atoms with E-state index in [1.807, 2.05) is 4.90 Å². The van der Waals surface area contributed by atoms with Crippen LogP contribution < -0.4 is 14.5 Å². The molecule has 18 heteroatoms. The molecule has 1 aliphatic carbocycles. The molecule has 17 nitrogen and oxygen atoms in total. The molecule has 5 rings (SSSR count). The molecule has 1 aliphatic heterocycles. The number of hydrogen-bond donors (Lipinski definition) is 2. The summed E-state index contributed by atoms with van der Waals surface area (Å²) in [6.45, 7) is 12.8. The number of carboxylic acid groups (broad SMARTS) is 1. The monoisotopic (exact) mass is 742 g/mol. The van der Waals surface area contributed by atoms with Crippen LogP contribution in [0.4, 0.5) is 26.0 Å². The molecule has 2 aromatic heterocycles. The Labute approximate surface area is 302 Å². The molecule has 1 saturated heterocycles. The normalized spacial score (nSPS) is 18.9. The van der Waals surface area contributed by atoms with Gasteiger partial charge in [0.15, 0.2) is 11.5 Å². The summed E-state index contributed by atoms with van der Waals surface area (Å²) in [5.74, 6) is 0.314. The second-order valence-electron chi connectivity index (χ2n) is 15.0. The maximum absolute atomic E-state index is 13.7. The van der Waals surface area contributed by atoms with Crippen molar-refractivity contribution >= 4 is 39.9 Å². The Morgan fingerprint density at radius 2 is 1.60 bits per heavy atom. The lowest BCUT2D eigenvalue weighted by Gasteiger charge is -2.29. The van der Waals surface area contributed by atoms with Crippen molar-refractivity contribution in [2.24, 2.45) is 11.8 Å². The minimum atomic E-state index is -3.40. The van der Waals surface area contributed by atoms with Crippen LogP contribution in [0.15, 0.2) is 34.9 Å². The Morgan fingerprint density at radius 3 is 2.17 bits per heavy atom. The van der Waals surface area contributed by atoms with Gasteiger partial charge in [-0.1, -0.05) is 12.1 Å². The van der Waals surface area contributed by atoms with Crippen LogP contribution in [0.25, 0.3) is 23.0 Å². The molecule has 1 aromatic carbocycles.